The van der Waals surface area contributed by atoms with Crippen molar-refractivity contribution < 1.29 is 18.7 Å². The average molecular weight is 237 g/mol. The fourth-order valence-corrected chi connectivity index (χ4v) is 1.39. The van der Waals surface area contributed by atoms with E-state index in [0.29, 0.717) is 13.2 Å². The summed E-state index contributed by atoms with van der Waals surface area (Å²) < 4.78 is 23.5. The Labute approximate surface area is 98.0 Å². The minimum atomic E-state index is -0.521. The Morgan fingerprint density at radius 2 is 2.24 bits per heavy atom. The maximum absolute atomic E-state index is 13.5. The van der Waals surface area contributed by atoms with Crippen LogP contribution in [-0.4, -0.2) is 19.1 Å². The summed E-state index contributed by atoms with van der Waals surface area (Å²) in [5.74, 6) is -0.945. The van der Waals surface area contributed by atoms with Gasteiger partial charge < -0.3 is 14.8 Å². The van der Waals surface area contributed by atoms with E-state index < -0.39 is 11.7 Å². The average Bonchev–Trinajstić information content (AvgIpc) is 2.34. The van der Waals surface area contributed by atoms with E-state index in [1.54, 1.807) is 13.0 Å². The molecule has 0 radical (unpaired) electrons. The highest BCUT2D eigenvalue weighted by Gasteiger charge is 2.16. The van der Waals surface area contributed by atoms with Gasteiger partial charge in [0.1, 0.15) is 25.3 Å². The van der Waals surface area contributed by atoms with Crippen molar-refractivity contribution in [2.75, 3.05) is 18.5 Å². The molecule has 0 aliphatic carbocycles. The van der Waals surface area contributed by atoms with Gasteiger partial charge in [0.15, 0.2) is 0 Å². The molecule has 0 bridgehead atoms. The second kappa shape index (κ2) is 4.86. The number of nitrogens with one attached hydrogen (secondary N) is 1. The third-order valence-electron chi connectivity index (χ3n) is 2.25. The minimum Gasteiger partial charge on any atom is -0.494 e. The van der Waals surface area contributed by atoms with Crippen molar-refractivity contribution in [3.05, 3.63) is 41.6 Å². The summed E-state index contributed by atoms with van der Waals surface area (Å²) >= 11 is 0. The lowest BCUT2D eigenvalue weighted by atomic mass is 10.2. The first-order valence-electron chi connectivity index (χ1n) is 5.19. The summed E-state index contributed by atoms with van der Waals surface area (Å²) in [6.07, 6.45) is 1.23. The second-order valence-corrected chi connectivity index (χ2v) is 3.64. The van der Waals surface area contributed by atoms with Crippen LogP contribution in [0.4, 0.5) is 10.1 Å². The molecule has 1 aromatic rings. The quantitative estimate of drug-likeness (QED) is 0.855. The number of halogens is 1. The van der Waals surface area contributed by atoms with Gasteiger partial charge >= 0.3 is 0 Å². The fourth-order valence-electron chi connectivity index (χ4n) is 1.39. The van der Waals surface area contributed by atoms with Gasteiger partial charge in [-0.15, -0.1) is 0 Å². The summed E-state index contributed by atoms with van der Waals surface area (Å²) in [7, 11) is 0. The SMILES string of the molecule is Cc1ccc(NC(=O)C2=COCCO2)c(F)c1. The first-order chi connectivity index (χ1) is 8.16. The summed E-state index contributed by atoms with van der Waals surface area (Å²) in [6, 6.07) is 4.57. The minimum absolute atomic E-state index is 0.0521. The van der Waals surface area contributed by atoms with Crippen LogP contribution in [0.1, 0.15) is 5.56 Å². The van der Waals surface area contributed by atoms with Gasteiger partial charge in [-0.1, -0.05) is 6.07 Å². The monoisotopic (exact) mass is 237 g/mol. The molecular weight excluding hydrogens is 225 g/mol. The molecule has 1 aromatic carbocycles. The lowest BCUT2D eigenvalue weighted by Crippen LogP contribution is -2.21. The molecule has 1 N–H and O–H groups in total. The van der Waals surface area contributed by atoms with Crippen LogP contribution in [0.15, 0.2) is 30.2 Å². The van der Waals surface area contributed by atoms with Crippen molar-refractivity contribution >= 4 is 11.6 Å². The topological polar surface area (TPSA) is 47.6 Å². The Balaban J connectivity index is 2.10. The van der Waals surface area contributed by atoms with Crippen LogP contribution in [0.25, 0.3) is 0 Å². The largest absolute Gasteiger partial charge is 0.494 e. The predicted octanol–water partition coefficient (Wildman–Crippen LogP) is 1.96. The Kier molecular flexibility index (Phi) is 3.27. The van der Waals surface area contributed by atoms with E-state index in [2.05, 4.69) is 5.32 Å². The van der Waals surface area contributed by atoms with Crippen LogP contribution >= 0.6 is 0 Å². The lowest BCUT2D eigenvalue weighted by molar-refractivity contribution is -0.117. The van der Waals surface area contributed by atoms with Gasteiger partial charge in [0, 0.05) is 0 Å². The van der Waals surface area contributed by atoms with Gasteiger partial charge in [-0.2, -0.15) is 0 Å². The summed E-state index contributed by atoms with van der Waals surface area (Å²) in [4.78, 5) is 11.7. The van der Waals surface area contributed by atoms with Gasteiger partial charge in [0.05, 0.1) is 5.69 Å². The molecule has 0 atom stereocenters. The zero-order chi connectivity index (χ0) is 12.3. The van der Waals surface area contributed by atoms with Crippen molar-refractivity contribution in [2.24, 2.45) is 0 Å². The maximum atomic E-state index is 13.5. The van der Waals surface area contributed by atoms with Crippen LogP contribution in [0.5, 0.6) is 0 Å². The smallest absolute Gasteiger partial charge is 0.294 e. The molecule has 5 heteroatoms. The summed E-state index contributed by atoms with van der Waals surface area (Å²) in [6.45, 7) is 2.50. The number of benzene rings is 1. The highest BCUT2D eigenvalue weighted by molar-refractivity contribution is 6.02. The van der Waals surface area contributed by atoms with Gasteiger partial charge in [-0.3, -0.25) is 4.79 Å². The molecule has 1 aliphatic heterocycles. The molecule has 1 aliphatic rings. The van der Waals surface area contributed by atoms with Gasteiger partial charge in [0.2, 0.25) is 5.76 Å². The molecule has 0 saturated heterocycles. The van der Waals surface area contributed by atoms with E-state index in [4.69, 9.17) is 9.47 Å². The Morgan fingerprint density at radius 3 is 2.88 bits per heavy atom. The molecule has 4 nitrogen and oxygen atoms in total. The Morgan fingerprint density at radius 1 is 1.41 bits per heavy atom. The number of amides is 1. The lowest BCUT2D eigenvalue weighted by Gasteiger charge is -2.15. The molecule has 1 amide bonds. The van der Waals surface area contributed by atoms with Crippen LogP contribution in [0, 0.1) is 12.7 Å². The van der Waals surface area contributed by atoms with E-state index in [1.165, 1.54) is 18.4 Å². The molecule has 2 rings (SSSR count). The van der Waals surface area contributed by atoms with Crippen molar-refractivity contribution in [3.63, 3.8) is 0 Å². The van der Waals surface area contributed by atoms with Crippen LogP contribution in [0.2, 0.25) is 0 Å². The number of rotatable bonds is 2. The Bertz CT molecular complexity index is 471. The molecule has 0 saturated carbocycles. The number of aryl methyl sites for hydroxylation is 1. The maximum Gasteiger partial charge on any atom is 0.294 e. The number of anilines is 1. The van der Waals surface area contributed by atoms with E-state index in [-0.39, 0.29) is 11.4 Å². The highest BCUT2D eigenvalue weighted by atomic mass is 19.1. The number of carbonyl (C=O) groups is 1. The van der Waals surface area contributed by atoms with Crippen molar-refractivity contribution in [2.45, 2.75) is 6.92 Å². The predicted molar refractivity (Wildman–Crippen MR) is 59.8 cm³/mol. The van der Waals surface area contributed by atoms with Crippen molar-refractivity contribution in [1.29, 1.82) is 0 Å². The van der Waals surface area contributed by atoms with E-state index >= 15 is 0 Å². The second-order valence-electron chi connectivity index (χ2n) is 3.64. The van der Waals surface area contributed by atoms with Gasteiger partial charge in [0.25, 0.3) is 5.91 Å². The molecule has 0 aromatic heterocycles. The highest BCUT2D eigenvalue weighted by Crippen LogP contribution is 2.16. The van der Waals surface area contributed by atoms with Crippen molar-refractivity contribution in [1.82, 2.24) is 0 Å². The van der Waals surface area contributed by atoms with E-state index in [9.17, 15) is 9.18 Å². The Hall–Kier alpha value is -2.04. The zero-order valence-corrected chi connectivity index (χ0v) is 9.33. The zero-order valence-electron chi connectivity index (χ0n) is 9.33. The number of hydrogen-bond donors (Lipinski definition) is 1. The van der Waals surface area contributed by atoms with E-state index in [0.717, 1.165) is 5.56 Å². The summed E-state index contributed by atoms with van der Waals surface area (Å²) in [5.41, 5.74) is 0.910. The first-order valence-corrected chi connectivity index (χ1v) is 5.19. The molecule has 0 fully saturated rings. The number of ether oxygens (including phenoxy) is 2. The van der Waals surface area contributed by atoms with Gasteiger partial charge in [-0.25, -0.2) is 4.39 Å². The fraction of sp³-hybridized carbons (Fsp3) is 0.250. The molecule has 0 unspecified atom stereocenters. The first kappa shape index (κ1) is 11.4. The normalized spacial score (nSPS) is 14.4. The van der Waals surface area contributed by atoms with Crippen LogP contribution in [0.3, 0.4) is 0 Å². The van der Waals surface area contributed by atoms with Gasteiger partial charge in [-0.05, 0) is 24.6 Å². The summed E-state index contributed by atoms with van der Waals surface area (Å²) in [5, 5.41) is 2.42. The molecular formula is C12H12FNO3. The third-order valence-corrected chi connectivity index (χ3v) is 2.25. The number of hydrogen-bond acceptors (Lipinski definition) is 3. The number of carbonyl (C=O) groups excluding carboxylic acids is 1. The standard InChI is InChI=1S/C12H12FNO3/c1-8-2-3-10(9(13)6-8)14-12(15)11-7-16-4-5-17-11/h2-3,6-7H,4-5H2,1H3,(H,14,15). The molecule has 90 valence electrons. The molecule has 17 heavy (non-hydrogen) atoms. The van der Waals surface area contributed by atoms with Crippen LogP contribution in [-0.2, 0) is 14.3 Å². The molecule has 1 heterocycles. The third kappa shape index (κ3) is 2.75. The van der Waals surface area contributed by atoms with E-state index in [1.807, 2.05) is 0 Å². The van der Waals surface area contributed by atoms with Crippen LogP contribution < -0.4 is 5.32 Å². The van der Waals surface area contributed by atoms with Crippen molar-refractivity contribution in [3.8, 4) is 0 Å². The molecule has 0 spiro atoms.